The molecule has 0 unspecified atom stereocenters. The smallest absolute Gasteiger partial charge is 0.239 e. The molecule has 0 aliphatic heterocycles. The molecule has 2 N–H and O–H groups in total. The third-order valence-corrected chi connectivity index (χ3v) is 2.06. The summed E-state index contributed by atoms with van der Waals surface area (Å²) < 4.78 is 0. The zero-order valence-corrected chi connectivity index (χ0v) is 10.1. The maximum absolute atomic E-state index is 11.4. The van der Waals surface area contributed by atoms with E-state index in [4.69, 9.17) is 5.26 Å². The minimum absolute atomic E-state index is 0.0862. The molecule has 0 saturated heterocycles. The minimum atomic E-state index is -1.04. The molecule has 2 amide bonds. The Labute approximate surface area is 96.2 Å². The van der Waals surface area contributed by atoms with E-state index in [0.29, 0.717) is 6.54 Å². The van der Waals surface area contributed by atoms with Crippen molar-refractivity contribution < 1.29 is 9.59 Å². The van der Waals surface area contributed by atoms with Gasteiger partial charge in [-0.25, -0.2) is 0 Å². The van der Waals surface area contributed by atoms with Crippen LogP contribution in [0.15, 0.2) is 0 Å². The lowest BCUT2D eigenvalue weighted by molar-refractivity contribution is -0.127. The minimum Gasteiger partial charge on any atom is -0.356 e. The molecule has 0 aliphatic rings. The highest BCUT2D eigenvalue weighted by Gasteiger charge is 2.26. The van der Waals surface area contributed by atoms with Crippen LogP contribution < -0.4 is 10.6 Å². The normalized spacial score (nSPS) is 10.4. The predicted molar refractivity (Wildman–Crippen MR) is 60.3 cm³/mol. The fraction of sp³-hybridized carbons (Fsp3) is 0.727. The van der Waals surface area contributed by atoms with Crippen molar-refractivity contribution in [1.82, 2.24) is 10.6 Å². The number of nitriles is 1. The molecule has 0 rings (SSSR count). The fourth-order valence-corrected chi connectivity index (χ4v) is 0.914. The summed E-state index contributed by atoms with van der Waals surface area (Å²) >= 11 is 0. The van der Waals surface area contributed by atoms with E-state index >= 15 is 0 Å². The van der Waals surface area contributed by atoms with Crippen LogP contribution in [0.25, 0.3) is 0 Å². The van der Waals surface area contributed by atoms with E-state index in [-0.39, 0.29) is 24.8 Å². The van der Waals surface area contributed by atoms with Crippen LogP contribution in [0, 0.1) is 16.7 Å². The molecule has 0 aromatic rings. The molecule has 0 aromatic carbocycles. The first-order valence-corrected chi connectivity index (χ1v) is 5.40. The van der Waals surface area contributed by atoms with Gasteiger partial charge in [-0.05, 0) is 20.3 Å². The van der Waals surface area contributed by atoms with Crippen LogP contribution in [-0.2, 0) is 9.59 Å². The average Bonchev–Trinajstić information content (AvgIpc) is 2.26. The molecule has 5 nitrogen and oxygen atoms in total. The first kappa shape index (κ1) is 14.4. The highest BCUT2D eigenvalue weighted by atomic mass is 16.2. The number of amides is 2. The number of hydrogen-bond donors (Lipinski definition) is 2. The third-order valence-electron chi connectivity index (χ3n) is 2.06. The molecule has 0 aliphatic carbocycles. The topological polar surface area (TPSA) is 82.0 Å². The molecule has 90 valence electrons. The van der Waals surface area contributed by atoms with E-state index in [1.54, 1.807) is 13.8 Å². The van der Waals surface area contributed by atoms with Gasteiger partial charge in [0.25, 0.3) is 0 Å². The molecule has 0 atom stereocenters. The second-order valence-corrected chi connectivity index (χ2v) is 4.09. The first-order valence-electron chi connectivity index (χ1n) is 5.40. The SMILES string of the molecule is CCCNC(=O)CCNC(=O)C(C)(C)C#N. The van der Waals surface area contributed by atoms with Gasteiger partial charge in [0.05, 0.1) is 6.07 Å². The van der Waals surface area contributed by atoms with Crippen molar-refractivity contribution in [3.63, 3.8) is 0 Å². The zero-order chi connectivity index (χ0) is 12.6. The van der Waals surface area contributed by atoms with E-state index in [1.165, 1.54) is 0 Å². The Morgan fingerprint density at radius 2 is 1.88 bits per heavy atom. The maximum Gasteiger partial charge on any atom is 0.239 e. The highest BCUT2D eigenvalue weighted by molar-refractivity contribution is 5.85. The number of rotatable bonds is 6. The number of hydrogen-bond acceptors (Lipinski definition) is 3. The van der Waals surface area contributed by atoms with Crippen molar-refractivity contribution in [2.75, 3.05) is 13.1 Å². The summed E-state index contributed by atoms with van der Waals surface area (Å²) in [5, 5.41) is 14.0. The maximum atomic E-state index is 11.4. The largest absolute Gasteiger partial charge is 0.356 e. The molecule has 5 heteroatoms. The molecule has 0 fully saturated rings. The van der Waals surface area contributed by atoms with Crippen LogP contribution in [0.2, 0.25) is 0 Å². The Kier molecular flexibility index (Phi) is 6.16. The molecule has 0 bridgehead atoms. The zero-order valence-electron chi connectivity index (χ0n) is 10.1. The standard InChI is InChI=1S/C11H19N3O2/c1-4-6-13-9(15)5-7-14-10(16)11(2,3)8-12/h4-7H2,1-3H3,(H,13,15)(H,14,16). The van der Waals surface area contributed by atoms with Crippen LogP contribution in [0.1, 0.15) is 33.6 Å². The summed E-state index contributed by atoms with van der Waals surface area (Å²) in [5.41, 5.74) is -1.04. The van der Waals surface area contributed by atoms with Crippen LogP contribution in [0.5, 0.6) is 0 Å². The molecule has 0 heterocycles. The summed E-state index contributed by atoms with van der Waals surface area (Å²) in [4.78, 5) is 22.6. The van der Waals surface area contributed by atoms with E-state index in [0.717, 1.165) is 6.42 Å². The van der Waals surface area contributed by atoms with Crippen LogP contribution >= 0.6 is 0 Å². The van der Waals surface area contributed by atoms with Gasteiger partial charge in [0.15, 0.2) is 0 Å². The Balaban J connectivity index is 3.79. The van der Waals surface area contributed by atoms with Crippen LogP contribution in [0.4, 0.5) is 0 Å². The number of nitrogens with zero attached hydrogens (tertiary/aromatic N) is 1. The molecular weight excluding hydrogens is 206 g/mol. The van der Waals surface area contributed by atoms with Gasteiger partial charge in [-0.15, -0.1) is 0 Å². The van der Waals surface area contributed by atoms with Gasteiger partial charge in [0.1, 0.15) is 5.41 Å². The summed E-state index contributed by atoms with van der Waals surface area (Å²) in [7, 11) is 0. The lowest BCUT2D eigenvalue weighted by Gasteiger charge is -2.14. The molecule has 0 saturated carbocycles. The molecule has 0 aromatic heterocycles. The van der Waals surface area contributed by atoms with Gasteiger partial charge in [-0.1, -0.05) is 6.92 Å². The van der Waals surface area contributed by atoms with E-state index < -0.39 is 5.41 Å². The van der Waals surface area contributed by atoms with E-state index in [9.17, 15) is 9.59 Å². The van der Waals surface area contributed by atoms with Crippen molar-refractivity contribution in [2.24, 2.45) is 5.41 Å². The summed E-state index contributed by atoms with van der Waals surface area (Å²) in [6, 6.07) is 1.90. The van der Waals surface area contributed by atoms with Gasteiger partial charge >= 0.3 is 0 Å². The number of nitrogens with one attached hydrogen (secondary N) is 2. The fourth-order valence-electron chi connectivity index (χ4n) is 0.914. The lowest BCUT2D eigenvalue weighted by atomic mass is 9.95. The number of carbonyl (C=O) groups is 2. The average molecular weight is 225 g/mol. The first-order chi connectivity index (χ1) is 7.44. The van der Waals surface area contributed by atoms with Gasteiger partial charge in [0.2, 0.25) is 11.8 Å². The lowest BCUT2D eigenvalue weighted by Crippen LogP contribution is -2.38. The molecular formula is C11H19N3O2. The second-order valence-electron chi connectivity index (χ2n) is 4.09. The quantitative estimate of drug-likeness (QED) is 0.693. The van der Waals surface area contributed by atoms with Crippen molar-refractivity contribution in [2.45, 2.75) is 33.6 Å². The molecule has 0 radical (unpaired) electrons. The van der Waals surface area contributed by atoms with Gasteiger partial charge < -0.3 is 10.6 Å². The van der Waals surface area contributed by atoms with Gasteiger partial charge in [-0.3, -0.25) is 9.59 Å². The number of carbonyl (C=O) groups excluding carboxylic acids is 2. The van der Waals surface area contributed by atoms with E-state index in [1.807, 2.05) is 13.0 Å². The van der Waals surface area contributed by atoms with Crippen molar-refractivity contribution in [3.8, 4) is 6.07 Å². The van der Waals surface area contributed by atoms with Gasteiger partial charge in [0, 0.05) is 19.5 Å². The Morgan fingerprint density at radius 1 is 1.25 bits per heavy atom. The summed E-state index contributed by atoms with van der Waals surface area (Å²) in [6.07, 6.45) is 1.13. The van der Waals surface area contributed by atoms with Crippen LogP contribution in [0.3, 0.4) is 0 Å². The Hall–Kier alpha value is -1.57. The Morgan fingerprint density at radius 3 is 2.38 bits per heavy atom. The van der Waals surface area contributed by atoms with E-state index in [2.05, 4.69) is 10.6 Å². The van der Waals surface area contributed by atoms with Crippen LogP contribution in [-0.4, -0.2) is 24.9 Å². The predicted octanol–water partition coefficient (Wildman–Crippen LogP) is 0.569. The van der Waals surface area contributed by atoms with Crippen molar-refractivity contribution >= 4 is 11.8 Å². The third kappa shape index (κ3) is 5.35. The second kappa shape index (κ2) is 6.83. The van der Waals surface area contributed by atoms with Gasteiger partial charge in [-0.2, -0.15) is 5.26 Å². The molecule has 16 heavy (non-hydrogen) atoms. The van der Waals surface area contributed by atoms with Crippen molar-refractivity contribution in [1.29, 1.82) is 5.26 Å². The summed E-state index contributed by atoms with van der Waals surface area (Å²) in [6.45, 7) is 5.96. The monoisotopic (exact) mass is 225 g/mol. The summed E-state index contributed by atoms with van der Waals surface area (Å²) in [5.74, 6) is -0.435. The highest BCUT2D eigenvalue weighted by Crippen LogP contribution is 2.12. The molecule has 0 spiro atoms. The van der Waals surface area contributed by atoms with Crippen molar-refractivity contribution in [3.05, 3.63) is 0 Å². The Bertz CT molecular complexity index is 292.